The number of ether oxygens (including phenoxy) is 1. The maximum absolute atomic E-state index is 12.2. The third-order valence-electron chi connectivity index (χ3n) is 3.94. The van der Waals surface area contributed by atoms with Crippen LogP contribution >= 0.6 is 0 Å². The van der Waals surface area contributed by atoms with Crippen molar-refractivity contribution in [1.82, 2.24) is 10.3 Å². The summed E-state index contributed by atoms with van der Waals surface area (Å²) in [6, 6.07) is 9.63. The van der Waals surface area contributed by atoms with Gasteiger partial charge in [0.15, 0.2) is 0 Å². The van der Waals surface area contributed by atoms with Crippen molar-refractivity contribution in [3.8, 4) is 0 Å². The average molecular weight is 284 g/mol. The van der Waals surface area contributed by atoms with Crippen LogP contribution in [0.2, 0.25) is 0 Å². The van der Waals surface area contributed by atoms with E-state index in [0.29, 0.717) is 19.4 Å². The molecule has 0 aliphatic heterocycles. The topological polar surface area (TPSA) is 68.3 Å². The van der Waals surface area contributed by atoms with Gasteiger partial charge in [0, 0.05) is 18.1 Å². The molecule has 2 aromatic rings. The Labute approximate surface area is 122 Å². The van der Waals surface area contributed by atoms with E-state index in [9.17, 15) is 9.59 Å². The van der Waals surface area contributed by atoms with E-state index in [-0.39, 0.29) is 5.91 Å². The van der Waals surface area contributed by atoms with Gasteiger partial charge in [-0.05, 0) is 30.5 Å². The van der Waals surface area contributed by atoms with E-state index in [2.05, 4.69) is 10.3 Å². The fourth-order valence-electron chi connectivity index (χ4n) is 2.50. The van der Waals surface area contributed by atoms with Crippen molar-refractivity contribution in [2.45, 2.75) is 19.4 Å². The number of nitrogens with one attached hydrogen (secondary N) is 1. The highest BCUT2D eigenvalue weighted by Crippen LogP contribution is 2.46. The summed E-state index contributed by atoms with van der Waals surface area (Å²) in [4.78, 5) is 28.2. The zero-order chi connectivity index (χ0) is 14.9. The normalized spacial score (nSPS) is 15.5. The molecule has 0 atom stereocenters. The first-order chi connectivity index (χ1) is 10.2. The Balaban J connectivity index is 1.75. The van der Waals surface area contributed by atoms with Crippen LogP contribution in [0.3, 0.4) is 0 Å². The number of carbonyl (C=O) groups is 2. The summed E-state index contributed by atoms with van der Waals surface area (Å²) in [7, 11) is 1.31. The Morgan fingerprint density at radius 2 is 2.05 bits per heavy atom. The Bertz CT molecular complexity index is 702. The van der Waals surface area contributed by atoms with Crippen molar-refractivity contribution in [1.29, 1.82) is 0 Å². The van der Waals surface area contributed by atoms with Gasteiger partial charge >= 0.3 is 5.97 Å². The zero-order valence-corrected chi connectivity index (χ0v) is 11.8. The van der Waals surface area contributed by atoms with E-state index < -0.39 is 11.4 Å². The van der Waals surface area contributed by atoms with Crippen LogP contribution in [0, 0.1) is 5.41 Å². The van der Waals surface area contributed by atoms with Gasteiger partial charge in [-0.2, -0.15) is 0 Å². The quantitative estimate of drug-likeness (QED) is 0.686. The molecule has 108 valence electrons. The van der Waals surface area contributed by atoms with Crippen LogP contribution in [0.5, 0.6) is 0 Å². The highest BCUT2D eigenvalue weighted by molar-refractivity contribution is 6.05. The lowest BCUT2D eigenvalue weighted by molar-refractivity contribution is -0.152. The molecule has 1 aromatic carbocycles. The van der Waals surface area contributed by atoms with Gasteiger partial charge in [0.1, 0.15) is 5.41 Å². The van der Waals surface area contributed by atoms with Crippen LogP contribution in [0.4, 0.5) is 0 Å². The van der Waals surface area contributed by atoms with Crippen LogP contribution in [-0.2, 0) is 20.9 Å². The van der Waals surface area contributed by atoms with Crippen molar-refractivity contribution in [2.24, 2.45) is 5.41 Å². The Kier molecular flexibility index (Phi) is 3.33. The van der Waals surface area contributed by atoms with Crippen LogP contribution in [-0.4, -0.2) is 24.0 Å². The third-order valence-corrected chi connectivity index (χ3v) is 3.94. The molecular weight excluding hydrogens is 268 g/mol. The van der Waals surface area contributed by atoms with E-state index in [1.54, 1.807) is 6.20 Å². The second-order valence-corrected chi connectivity index (χ2v) is 5.24. The van der Waals surface area contributed by atoms with Crippen LogP contribution in [0.25, 0.3) is 10.9 Å². The predicted molar refractivity (Wildman–Crippen MR) is 77.3 cm³/mol. The maximum atomic E-state index is 12.2. The van der Waals surface area contributed by atoms with Crippen LogP contribution < -0.4 is 5.32 Å². The van der Waals surface area contributed by atoms with Gasteiger partial charge in [-0.15, -0.1) is 0 Å². The van der Waals surface area contributed by atoms with E-state index in [1.807, 2.05) is 30.3 Å². The molecule has 1 aliphatic carbocycles. The van der Waals surface area contributed by atoms with E-state index >= 15 is 0 Å². The molecule has 21 heavy (non-hydrogen) atoms. The van der Waals surface area contributed by atoms with Gasteiger partial charge in [0.2, 0.25) is 5.91 Å². The van der Waals surface area contributed by atoms with Crippen molar-refractivity contribution >= 4 is 22.8 Å². The maximum Gasteiger partial charge on any atom is 0.321 e. The van der Waals surface area contributed by atoms with Crippen LogP contribution in [0.15, 0.2) is 36.5 Å². The number of pyridine rings is 1. The first-order valence-electron chi connectivity index (χ1n) is 6.87. The highest BCUT2D eigenvalue weighted by atomic mass is 16.5. The molecule has 1 aromatic heterocycles. The summed E-state index contributed by atoms with van der Waals surface area (Å²) in [5.74, 6) is -0.699. The smallest absolute Gasteiger partial charge is 0.321 e. The molecule has 0 radical (unpaired) electrons. The highest BCUT2D eigenvalue weighted by Gasteiger charge is 2.57. The number of rotatable bonds is 4. The molecule has 1 heterocycles. The van der Waals surface area contributed by atoms with Crippen LogP contribution in [0.1, 0.15) is 18.4 Å². The molecule has 1 fully saturated rings. The molecule has 1 N–H and O–H groups in total. The molecule has 1 aliphatic rings. The summed E-state index contributed by atoms with van der Waals surface area (Å²) in [5.41, 5.74) is 0.908. The minimum absolute atomic E-state index is 0.254. The Hall–Kier alpha value is -2.43. The Morgan fingerprint density at radius 1 is 1.29 bits per heavy atom. The van der Waals surface area contributed by atoms with Gasteiger partial charge in [0.25, 0.3) is 0 Å². The fraction of sp³-hybridized carbons (Fsp3) is 0.312. The summed E-state index contributed by atoms with van der Waals surface area (Å²) in [5, 5.41) is 3.84. The van der Waals surface area contributed by atoms with Gasteiger partial charge in [-0.25, -0.2) is 0 Å². The molecule has 3 rings (SSSR count). The number of carbonyl (C=O) groups excluding carboxylic acids is 2. The largest absolute Gasteiger partial charge is 0.468 e. The summed E-state index contributed by atoms with van der Waals surface area (Å²) < 4.78 is 4.71. The van der Waals surface area contributed by atoms with E-state index in [1.165, 1.54) is 7.11 Å². The zero-order valence-electron chi connectivity index (χ0n) is 11.8. The Morgan fingerprint density at radius 3 is 2.76 bits per heavy atom. The molecule has 1 amide bonds. The molecule has 5 heteroatoms. The van der Waals surface area contributed by atoms with E-state index in [0.717, 1.165) is 16.5 Å². The molecule has 0 spiro atoms. The van der Waals surface area contributed by atoms with E-state index in [4.69, 9.17) is 4.74 Å². The van der Waals surface area contributed by atoms with Crippen molar-refractivity contribution < 1.29 is 14.3 Å². The summed E-state index contributed by atoms with van der Waals surface area (Å²) >= 11 is 0. The third kappa shape index (κ3) is 2.35. The number of hydrogen-bond donors (Lipinski definition) is 1. The average Bonchev–Trinajstić information content (AvgIpc) is 3.33. The van der Waals surface area contributed by atoms with Gasteiger partial charge < -0.3 is 10.1 Å². The number of benzene rings is 1. The summed E-state index contributed by atoms with van der Waals surface area (Å²) in [6.45, 7) is 0.376. The second-order valence-electron chi connectivity index (χ2n) is 5.24. The minimum Gasteiger partial charge on any atom is -0.468 e. The lowest BCUT2D eigenvalue weighted by Gasteiger charge is -2.13. The lowest BCUT2D eigenvalue weighted by atomic mass is 10.1. The molecular formula is C16H16N2O3. The first-order valence-corrected chi connectivity index (χ1v) is 6.87. The number of hydrogen-bond acceptors (Lipinski definition) is 4. The molecule has 0 saturated heterocycles. The lowest BCUT2D eigenvalue weighted by Crippen LogP contribution is -2.37. The van der Waals surface area contributed by atoms with Gasteiger partial charge in [-0.3, -0.25) is 14.6 Å². The molecule has 0 unspecified atom stereocenters. The number of fused-ring (bicyclic) bond motifs is 1. The number of methoxy groups -OCH3 is 1. The monoisotopic (exact) mass is 284 g/mol. The number of para-hydroxylation sites is 1. The molecule has 0 bridgehead atoms. The number of esters is 1. The molecule has 5 nitrogen and oxygen atoms in total. The predicted octanol–water partition coefficient (Wildman–Crippen LogP) is 1.80. The summed E-state index contributed by atoms with van der Waals surface area (Å²) in [6.07, 6.45) is 2.84. The van der Waals surface area contributed by atoms with Crippen molar-refractivity contribution in [3.63, 3.8) is 0 Å². The second kappa shape index (κ2) is 5.16. The standard InChI is InChI=1S/C16H16N2O3/c1-21-15(20)16(7-8-16)14(19)18-10-11-6-9-17-13-5-3-2-4-12(11)13/h2-6,9H,7-8,10H2,1H3,(H,18,19). The fourth-order valence-corrected chi connectivity index (χ4v) is 2.50. The molecule has 1 saturated carbocycles. The number of nitrogens with zero attached hydrogens (tertiary/aromatic N) is 1. The first kappa shape index (κ1) is 13.5. The number of aromatic nitrogens is 1. The van der Waals surface area contributed by atoms with Crippen molar-refractivity contribution in [2.75, 3.05) is 7.11 Å². The minimum atomic E-state index is -0.961. The van der Waals surface area contributed by atoms with Gasteiger partial charge in [-0.1, -0.05) is 18.2 Å². The van der Waals surface area contributed by atoms with Crippen molar-refractivity contribution in [3.05, 3.63) is 42.1 Å². The van der Waals surface area contributed by atoms with Gasteiger partial charge in [0.05, 0.1) is 12.6 Å². The number of amides is 1. The SMILES string of the molecule is COC(=O)C1(C(=O)NCc2ccnc3ccccc23)CC1.